The van der Waals surface area contributed by atoms with Gasteiger partial charge in [-0.25, -0.2) is 0 Å². The summed E-state index contributed by atoms with van der Waals surface area (Å²) in [5, 5.41) is 12.4. The van der Waals surface area contributed by atoms with E-state index in [2.05, 4.69) is 27.3 Å². The van der Waals surface area contributed by atoms with Crippen LogP contribution in [0.4, 0.5) is 5.69 Å². The minimum absolute atomic E-state index is 0.198. The molecular weight excluding hydrogens is 332 g/mol. The molecule has 0 bridgehead atoms. The van der Waals surface area contributed by atoms with Gasteiger partial charge >= 0.3 is 0 Å². The van der Waals surface area contributed by atoms with Crippen molar-refractivity contribution in [3.63, 3.8) is 0 Å². The van der Waals surface area contributed by atoms with Gasteiger partial charge in [0.25, 0.3) is 0 Å². The van der Waals surface area contributed by atoms with E-state index in [0.29, 0.717) is 24.3 Å². The van der Waals surface area contributed by atoms with Crippen molar-refractivity contribution in [3.8, 4) is 11.8 Å². The van der Waals surface area contributed by atoms with Crippen molar-refractivity contribution >= 4 is 27.5 Å². The van der Waals surface area contributed by atoms with Gasteiger partial charge in [0.1, 0.15) is 11.2 Å². The van der Waals surface area contributed by atoms with Crippen LogP contribution in [0.25, 0.3) is 0 Å². The van der Waals surface area contributed by atoms with E-state index in [-0.39, 0.29) is 5.91 Å². The predicted molar refractivity (Wildman–Crippen MR) is 85.1 cm³/mol. The average Bonchev–Trinajstić information content (AvgIpc) is 2.75. The quantitative estimate of drug-likeness (QED) is 0.828. The summed E-state index contributed by atoms with van der Waals surface area (Å²) in [4.78, 5) is 12.6. The van der Waals surface area contributed by atoms with Gasteiger partial charge < -0.3 is 10.1 Å². The predicted octanol–water partition coefficient (Wildman–Crippen LogP) is 4.26. The number of carbonyl (C=O) groups is 1. The van der Waals surface area contributed by atoms with Gasteiger partial charge in [0.15, 0.2) is 0 Å². The number of ether oxygens (including phenoxy) is 1. The number of anilines is 1. The number of nitriles is 1. The molecule has 0 aromatic heterocycles. The molecule has 1 aromatic carbocycles. The minimum Gasteiger partial charge on any atom is -0.495 e. The molecule has 0 unspecified atom stereocenters. The number of methoxy groups -OCH3 is 1. The number of hydrogen-bond donors (Lipinski definition) is 1. The molecule has 112 valence electrons. The first-order valence-corrected chi connectivity index (χ1v) is 7.97. The SMILES string of the molecule is COc1cc(NC(=O)C2(C#N)CCCCCC2)ccc1Br. The summed E-state index contributed by atoms with van der Waals surface area (Å²) < 4.78 is 6.05. The molecule has 0 heterocycles. The molecule has 1 aromatic rings. The Morgan fingerprint density at radius 1 is 1.33 bits per heavy atom. The highest BCUT2D eigenvalue weighted by Gasteiger charge is 2.38. The van der Waals surface area contributed by atoms with Crippen LogP contribution in [0.3, 0.4) is 0 Å². The molecule has 5 heteroatoms. The van der Waals surface area contributed by atoms with Gasteiger partial charge in [-0.2, -0.15) is 5.26 Å². The minimum atomic E-state index is -0.892. The first-order chi connectivity index (χ1) is 10.1. The van der Waals surface area contributed by atoms with Gasteiger partial charge in [0.05, 0.1) is 17.7 Å². The third kappa shape index (κ3) is 3.56. The summed E-state index contributed by atoms with van der Waals surface area (Å²) in [5.74, 6) is 0.455. The summed E-state index contributed by atoms with van der Waals surface area (Å²) in [7, 11) is 1.58. The van der Waals surface area contributed by atoms with Crippen molar-refractivity contribution < 1.29 is 9.53 Å². The Bertz CT molecular complexity index is 558. The Balaban J connectivity index is 2.17. The maximum atomic E-state index is 12.6. The number of nitrogens with zero attached hydrogens (tertiary/aromatic N) is 1. The lowest BCUT2D eigenvalue weighted by Gasteiger charge is -2.23. The summed E-state index contributed by atoms with van der Waals surface area (Å²) in [6.45, 7) is 0. The Kier molecular flexibility index (Phi) is 5.24. The van der Waals surface area contributed by atoms with Crippen LogP contribution in [0, 0.1) is 16.7 Å². The van der Waals surface area contributed by atoms with Gasteiger partial charge in [0.2, 0.25) is 5.91 Å². The molecule has 0 spiro atoms. The molecule has 1 aliphatic carbocycles. The van der Waals surface area contributed by atoms with Gasteiger partial charge in [-0.3, -0.25) is 4.79 Å². The van der Waals surface area contributed by atoms with E-state index in [4.69, 9.17) is 4.74 Å². The molecule has 1 saturated carbocycles. The van der Waals surface area contributed by atoms with Crippen molar-refractivity contribution in [2.24, 2.45) is 5.41 Å². The van der Waals surface area contributed by atoms with Crippen molar-refractivity contribution in [3.05, 3.63) is 22.7 Å². The monoisotopic (exact) mass is 350 g/mol. The van der Waals surface area contributed by atoms with Crippen LogP contribution in [-0.2, 0) is 4.79 Å². The number of benzene rings is 1. The zero-order chi connectivity index (χ0) is 15.3. The van der Waals surface area contributed by atoms with Crippen LogP contribution >= 0.6 is 15.9 Å². The fourth-order valence-electron chi connectivity index (χ4n) is 2.71. The number of hydrogen-bond acceptors (Lipinski definition) is 3. The maximum absolute atomic E-state index is 12.6. The number of halogens is 1. The molecule has 1 N–H and O–H groups in total. The van der Waals surface area contributed by atoms with Crippen molar-refractivity contribution in [1.29, 1.82) is 5.26 Å². The van der Waals surface area contributed by atoms with Gasteiger partial charge in [-0.05, 0) is 40.9 Å². The third-order valence-corrected chi connectivity index (χ3v) is 4.67. The largest absolute Gasteiger partial charge is 0.495 e. The van der Waals surface area contributed by atoms with Gasteiger partial charge in [-0.15, -0.1) is 0 Å². The van der Waals surface area contributed by atoms with Crippen molar-refractivity contribution in [2.45, 2.75) is 38.5 Å². The molecule has 0 aliphatic heterocycles. The lowest BCUT2D eigenvalue weighted by molar-refractivity contribution is -0.123. The zero-order valence-corrected chi connectivity index (χ0v) is 13.7. The first-order valence-electron chi connectivity index (χ1n) is 7.17. The molecule has 2 rings (SSSR count). The second-order valence-electron chi connectivity index (χ2n) is 5.41. The second-order valence-corrected chi connectivity index (χ2v) is 6.27. The average molecular weight is 351 g/mol. The summed E-state index contributed by atoms with van der Waals surface area (Å²) >= 11 is 3.38. The van der Waals surface area contributed by atoms with Crippen LogP contribution in [-0.4, -0.2) is 13.0 Å². The molecule has 1 amide bonds. The zero-order valence-electron chi connectivity index (χ0n) is 12.1. The second kappa shape index (κ2) is 6.95. The van der Waals surface area contributed by atoms with E-state index in [1.807, 2.05) is 6.07 Å². The van der Waals surface area contributed by atoms with E-state index >= 15 is 0 Å². The molecule has 0 saturated heterocycles. The Hall–Kier alpha value is -1.54. The molecular formula is C16H19BrN2O2. The number of rotatable bonds is 3. The molecule has 0 radical (unpaired) electrons. The fourth-order valence-corrected chi connectivity index (χ4v) is 3.12. The number of amides is 1. The van der Waals surface area contributed by atoms with Crippen LogP contribution in [0.1, 0.15) is 38.5 Å². The van der Waals surface area contributed by atoms with Crippen LogP contribution in [0.15, 0.2) is 22.7 Å². The van der Waals surface area contributed by atoms with Gasteiger partial charge in [-0.1, -0.05) is 25.7 Å². The van der Waals surface area contributed by atoms with E-state index in [9.17, 15) is 10.1 Å². The molecule has 4 nitrogen and oxygen atoms in total. The molecule has 0 atom stereocenters. The molecule has 1 fully saturated rings. The molecule has 21 heavy (non-hydrogen) atoms. The highest BCUT2D eigenvalue weighted by atomic mass is 79.9. The lowest BCUT2D eigenvalue weighted by Crippen LogP contribution is -2.34. The van der Waals surface area contributed by atoms with Crippen LogP contribution in [0.2, 0.25) is 0 Å². The normalized spacial score (nSPS) is 17.4. The Morgan fingerprint density at radius 2 is 2.00 bits per heavy atom. The number of nitrogens with one attached hydrogen (secondary N) is 1. The van der Waals surface area contributed by atoms with Crippen LogP contribution in [0.5, 0.6) is 5.75 Å². The lowest BCUT2D eigenvalue weighted by atomic mass is 9.81. The summed E-state index contributed by atoms with van der Waals surface area (Å²) in [6, 6.07) is 7.64. The van der Waals surface area contributed by atoms with E-state index in [1.54, 1.807) is 19.2 Å². The molecule has 1 aliphatic rings. The Morgan fingerprint density at radius 3 is 2.57 bits per heavy atom. The summed E-state index contributed by atoms with van der Waals surface area (Å²) in [6.07, 6.45) is 5.35. The Labute approximate surface area is 133 Å². The van der Waals surface area contributed by atoms with Crippen molar-refractivity contribution in [2.75, 3.05) is 12.4 Å². The first kappa shape index (κ1) is 15.8. The third-order valence-electron chi connectivity index (χ3n) is 4.01. The van der Waals surface area contributed by atoms with Crippen molar-refractivity contribution in [1.82, 2.24) is 0 Å². The fraction of sp³-hybridized carbons (Fsp3) is 0.500. The highest BCUT2D eigenvalue weighted by Crippen LogP contribution is 2.36. The topological polar surface area (TPSA) is 62.1 Å². The van der Waals surface area contributed by atoms with E-state index in [1.165, 1.54) is 0 Å². The van der Waals surface area contributed by atoms with Crippen LogP contribution < -0.4 is 10.1 Å². The van der Waals surface area contributed by atoms with E-state index < -0.39 is 5.41 Å². The standard InChI is InChI=1S/C16H19BrN2O2/c1-21-14-10-12(6-7-13(14)17)19-15(20)16(11-18)8-4-2-3-5-9-16/h6-7,10H,2-5,8-9H2,1H3,(H,19,20). The van der Waals surface area contributed by atoms with Gasteiger partial charge in [0, 0.05) is 11.8 Å². The summed E-state index contributed by atoms with van der Waals surface area (Å²) in [5.41, 5.74) is -0.240. The number of carbonyl (C=O) groups excluding carboxylic acids is 1. The smallest absolute Gasteiger partial charge is 0.244 e. The van der Waals surface area contributed by atoms with E-state index in [0.717, 1.165) is 30.2 Å². The highest BCUT2D eigenvalue weighted by molar-refractivity contribution is 9.10. The maximum Gasteiger partial charge on any atom is 0.244 e.